The highest BCUT2D eigenvalue weighted by Crippen LogP contribution is 2.29. The molecule has 1 aliphatic rings. The van der Waals surface area contributed by atoms with E-state index in [0.29, 0.717) is 5.02 Å². The Hall–Kier alpha value is -1.11. The maximum Gasteiger partial charge on any atom is 0.308 e. The zero-order valence-electron chi connectivity index (χ0n) is 10.3. The van der Waals surface area contributed by atoms with Crippen molar-refractivity contribution in [2.45, 2.75) is 11.8 Å². The lowest BCUT2D eigenvalue weighted by molar-refractivity contribution is -0.142. The highest BCUT2D eigenvalue weighted by Gasteiger charge is 2.40. The van der Waals surface area contributed by atoms with Crippen LogP contribution >= 0.6 is 11.6 Å². The van der Waals surface area contributed by atoms with Gasteiger partial charge in [0.25, 0.3) is 0 Å². The lowest BCUT2D eigenvalue weighted by Gasteiger charge is -2.16. The third-order valence-electron chi connectivity index (χ3n) is 3.35. The van der Waals surface area contributed by atoms with E-state index in [0.717, 1.165) is 0 Å². The van der Waals surface area contributed by atoms with Gasteiger partial charge in [-0.1, -0.05) is 18.5 Å². The molecule has 1 aliphatic heterocycles. The third-order valence-corrected chi connectivity index (χ3v) is 5.45. The van der Waals surface area contributed by atoms with Crippen molar-refractivity contribution in [2.75, 3.05) is 13.1 Å². The van der Waals surface area contributed by atoms with E-state index in [4.69, 9.17) is 16.7 Å². The van der Waals surface area contributed by atoms with Crippen LogP contribution in [0.25, 0.3) is 0 Å². The monoisotopic (exact) mass is 303 g/mol. The molecular formula is C12H14ClNO4S. The number of carboxylic acids is 1. The summed E-state index contributed by atoms with van der Waals surface area (Å²) in [6.45, 7) is 1.99. The van der Waals surface area contributed by atoms with E-state index >= 15 is 0 Å². The summed E-state index contributed by atoms with van der Waals surface area (Å²) in [7, 11) is -3.64. The van der Waals surface area contributed by atoms with E-state index in [2.05, 4.69) is 0 Å². The van der Waals surface area contributed by atoms with E-state index in [1.165, 1.54) is 28.6 Å². The molecule has 0 bridgehead atoms. The van der Waals surface area contributed by atoms with Crippen molar-refractivity contribution >= 4 is 27.6 Å². The molecule has 0 amide bonds. The molecule has 0 aromatic heterocycles. The zero-order chi connectivity index (χ0) is 14.2. The Bertz CT molecular complexity index is 584. The summed E-state index contributed by atoms with van der Waals surface area (Å²) < 4.78 is 25.9. The number of hydrogen-bond donors (Lipinski definition) is 1. The number of nitrogens with zero attached hydrogens (tertiary/aromatic N) is 1. The van der Waals surface area contributed by atoms with Gasteiger partial charge in [-0.3, -0.25) is 4.79 Å². The van der Waals surface area contributed by atoms with Crippen molar-refractivity contribution in [1.82, 2.24) is 4.31 Å². The molecule has 0 aliphatic carbocycles. The summed E-state index contributed by atoms with van der Waals surface area (Å²) in [5, 5.41) is 9.49. The van der Waals surface area contributed by atoms with Crippen LogP contribution < -0.4 is 0 Å². The lowest BCUT2D eigenvalue weighted by atomic mass is 9.99. The second-order valence-electron chi connectivity index (χ2n) is 4.70. The van der Waals surface area contributed by atoms with Gasteiger partial charge in [0.05, 0.1) is 10.8 Å². The van der Waals surface area contributed by atoms with E-state index in [-0.39, 0.29) is 23.9 Å². The van der Waals surface area contributed by atoms with Crippen LogP contribution in [0.1, 0.15) is 6.92 Å². The van der Waals surface area contributed by atoms with Crippen LogP contribution in [0.4, 0.5) is 0 Å². The number of hydrogen-bond acceptors (Lipinski definition) is 3. The first kappa shape index (κ1) is 14.3. The number of rotatable bonds is 3. The molecule has 0 radical (unpaired) electrons. The van der Waals surface area contributed by atoms with Gasteiger partial charge in [-0.2, -0.15) is 4.31 Å². The summed E-state index contributed by atoms with van der Waals surface area (Å²) in [4.78, 5) is 11.2. The summed E-state index contributed by atoms with van der Waals surface area (Å²) in [5.74, 6) is -1.80. The predicted molar refractivity (Wildman–Crippen MR) is 70.5 cm³/mol. The Kier molecular flexibility index (Phi) is 3.85. The van der Waals surface area contributed by atoms with E-state index in [1.807, 2.05) is 0 Å². The topological polar surface area (TPSA) is 74.7 Å². The Morgan fingerprint density at radius 1 is 1.32 bits per heavy atom. The number of benzene rings is 1. The minimum absolute atomic E-state index is 0.0153. The quantitative estimate of drug-likeness (QED) is 0.922. The van der Waals surface area contributed by atoms with Crippen LogP contribution in [0, 0.1) is 11.8 Å². The lowest BCUT2D eigenvalue weighted by Crippen LogP contribution is -2.30. The van der Waals surface area contributed by atoms with Gasteiger partial charge >= 0.3 is 5.97 Å². The molecule has 2 unspecified atom stereocenters. The minimum Gasteiger partial charge on any atom is -0.481 e. The Morgan fingerprint density at radius 2 is 1.89 bits per heavy atom. The molecular weight excluding hydrogens is 290 g/mol. The second kappa shape index (κ2) is 5.11. The summed E-state index contributed by atoms with van der Waals surface area (Å²) in [5.41, 5.74) is 0. The molecule has 5 nitrogen and oxygen atoms in total. The van der Waals surface area contributed by atoms with Crippen LogP contribution in [0.5, 0.6) is 0 Å². The number of carbonyl (C=O) groups is 1. The summed E-state index contributed by atoms with van der Waals surface area (Å²) >= 11 is 5.72. The van der Waals surface area contributed by atoms with Crippen LogP contribution in [0.15, 0.2) is 29.2 Å². The average Bonchev–Trinajstić information content (AvgIpc) is 2.72. The molecule has 1 N–H and O–H groups in total. The summed E-state index contributed by atoms with van der Waals surface area (Å²) in [6, 6.07) is 5.86. The number of aliphatic carboxylic acids is 1. The van der Waals surface area contributed by atoms with Crippen molar-refractivity contribution in [3.8, 4) is 0 Å². The van der Waals surface area contributed by atoms with Gasteiger partial charge < -0.3 is 5.11 Å². The van der Waals surface area contributed by atoms with Crippen LogP contribution in [-0.2, 0) is 14.8 Å². The Labute approximate surface area is 116 Å². The standard InChI is InChI=1S/C12H14ClNO4S/c1-8-6-14(7-11(8)12(15)16)19(17,18)10-4-2-9(13)3-5-10/h2-5,8,11H,6-7H2,1H3,(H,15,16). The fourth-order valence-electron chi connectivity index (χ4n) is 2.20. The van der Waals surface area contributed by atoms with E-state index < -0.39 is 21.9 Å². The molecule has 7 heteroatoms. The first-order chi connectivity index (χ1) is 8.82. The molecule has 1 fully saturated rings. The van der Waals surface area contributed by atoms with Gasteiger partial charge in [-0.25, -0.2) is 8.42 Å². The maximum atomic E-state index is 12.3. The Balaban J connectivity index is 2.27. The van der Waals surface area contributed by atoms with Crippen molar-refractivity contribution in [3.05, 3.63) is 29.3 Å². The molecule has 104 valence electrons. The van der Waals surface area contributed by atoms with Crippen molar-refractivity contribution in [2.24, 2.45) is 11.8 Å². The average molecular weight is 304 g/mol. The predicted octanol–water partition coefficient (Wildman–Crippen LogP) is 1.68. The fraction of sp³-hybridized carbons (Fsp3) is 0.417. The van der Waals surface area contributed by atoms with Crippen LogP contribution in [-0.4, -0.2) is 36.9 Å². The van der Waals surface area contributed by atoms with E-state index in [9.17, 15) is 13.2 Å². The maximum absolute atomic E-state index is 12.3. The van der Waals surface area contributed by atoms with Gasteiger partial charge in [-0.15, -0.1) is 0 Å². The van der Waals surface area contributed by atoms with Gasteiger partial charge in [0.15, 0.2) is 0 Å². The molecule has 0 saturated carbocycles. The molecule has 2 atom stereocenters. The van der Waals surface area contributed by atoms with Crippen LogP contribution in [0.2, 0.25) is 5.02 Å². The number of sulfonamides is 1. The highest BCUT2D eigenvalue weighted by atomic mass is 35.5. The smallest absolute Gasteiger partial charge is 0.308 e. The molecule has 1 aromatic rings. The van der Waals surface area contributed by atoms with Gasteiger partial charge in [0.1, 0.15) is 0 Å². The molecule has 1 heterocycles. The first-order valence-corrected chi connectivity index (χ1v) is 7.62. The van der Waals surface area contributed by atoms with Crippen molar-refractivity contribution < 1.29 is 18.3 Å². The minimum atomic E-state index is -3.64. The van der Waals surface area contributed by atoms with E-state index in [1.54, 1.807) is 6.92 Å². The molecule has 1 saturated heterocycles. The summed E-state index contributed by atoms with van der Waals surface area (Å²) in [6.07, 6.45) is 0. The van der Waals surface area contributed by atoms with Crippen molar-refractivity contribution in [1.29, 1.82) is 0 Å². The first-order valence-electron chi connectivity index (χ1n) is 5.81. The largest absolute Gasteiger partial charge is 0.481 e. The molecule has 2 rings (SSSR count). The molecule has 19 heavy (non-hydrogen) atoms. The van der Waals surface area contributed by atoms with Gasteiger partial charge in [0, 0.05) is 18.1 Å². The third kappa shape index (κ3) is 2.75. The van der Waals surface area contributed by atoms with Gasteiger partial charge in [-0.05, 0) is 30.2 Å². The normalized spacial score (nSPS) is 24.5. The number of halogens is 1. The molecule has 1 aromatic carbocycles. The molecule has 0 spiro atoms. The van der Waals surface area contributed by atoms with Crippen molar-refractivity contribution in [3.63, 3.8) is 0 Å². The van der Waals surface area contributed by atoms with Gasteiger partial charge in [0.2, 0.25) is 10.0 Å². The highest BCUT2D eigenvalue weighted by molar-refractivity contribution is 7.89. The fourth-order valence-corrected chi connectivity index (χ4v) is 3.89. The number of carboxylic acid groups (broad SMARTS) is 1. The SMILES string of the molecule is CC1CN(S(=O)(=O)c2ccc(Cl)cc2)CC1C(=O)O. The second-order valence-corrected chi connectivity index (χ2v) is 7.07. The Morgan fingerprint density at radius 3 is 2.37 bits per heavy atom. The zero-order valence-corrected chi connectivity index (χ0v) is 11.9. The van der Waals surface area contributed by atoms with Crippen LogP contribution in [0.3, 0.4) is 0 Å².